The summed E-state index contributed by atoms with van der Waals surface area (Å²) in [5.74, 6) is -4.85. The number of carbonyl (C=O) groups is 3. The first-order valence-corrected chi connectivity index (χ1v) is 11.6. The zero-order valence-electron chi connectivity index (χ0n) is 22.0. The summed E-state index contributed by atoms with van der Waals surface area (Å²) in [6.07, 6.45) is -3.48. The Hall–Kier alpha value is -4.38. The van der Waals surface area contributed by atoms with Gasteiger partial charge < -0.3 is 30.1 Å². The molecule has 1 aliphatic rings. The van der Waals surface area contributed by atoms with Crippen LogP contribution in [-0.4, -0.2) is 98.3 Å². The number of amides is 1. The van der Waals surface area contributed by atoms with Crippen molar-refractivity contribution >= 4 is 29.7 Å². The fourth-order valence-corrected chi connectivity index (χ4v) is 2.93. The number of aromatic nitrogens is 3. The van der Waals surface area contributed by atoms with Gasteiger partial charge >= 0.3 is 30.4 Å². The Balaban J connectivity index is 0.000000497. The second kappa shape index (κ2) is 14.8. The van der Waals surface area contributed by atoms with Crippen LogP contribution >= 0.6 is 0 Å². The highest BCUT2D eigenvalue weighted by molar-refractivity contribution is 5.73. The standard InChI is InChI=1S/C19H26N6O2.2C2HF3O2/c1-19(2,3)27-18(26)24-10-11-25(17-21-8-5-9-22-17)16(14-24)13-23-15-6-4-7-20-12-15;2*3-2(4,5)1(6)7/h4-9,12,16,23H,10-11,13-14H2,1-3H3;2*(H,6,7). The maximum Gasteiger partial charge on any atom is 0.490 e. The maximum absolute atomic E-state index is 12.5. The summed E-state index contributed by atoms with van der Waals surface area (Å²) in [5, 5.41) is 17.6. The van der Waals surface area contributed by atoms with Gasteiger partial charge in [0.05, 0.1) is 11.7 Å². The van der Waals surface area contributed by atoms with Crippen molar-refractivity contribution in [1.82, 2.24) is 19.9 Å². The number of hydrogen-bond donors (Lipinski definition) is 3. The monoisotopic (exact) mass is 598 g/mol. The zero-order valence-corrected chi connectivity index (χ0v) is 22.0. The van der Waals surface area contributed by atoms with Gasteiger partial charge in [0.15, 0.2) is 0 Å². The molecule has 1 fully saturated rings. The molecule has 0 spiro atoms. The van der Waals surface area contributed by atoms with Crippen molar-refractivity contribution in [1.29, 1.82) is 0 Å². The molecule has 1 amide bonds. The molecule has 41 heavy (non-hydrogen) atoms. The van der Waals surface area contributed by atoms with Gasteiger partial charge in [-0.1, -0.05) is 0 Å². The minimum absolute atomic E-state index is 0.00822. The van der Waals surface area contributed by atoms with Crippen molar-refractivity contribution in [3.8, 4) is 0 Å². The number of pyridine rings is 1. The molecule has 0 aliphatic carbocycles. The highest BCUT2D eigenvalue weighted by Gasteiger charge is 2.39. The molecule has 0 saturated carbocycles. The fraction of sp³-hybridized carbons (Fsp3) is 0.478. The van der Waals surface area contributed by atoms with Crippen LogP contribution in [0.15, 0.2) is 43.0 Å². The van der Waals surface area contributed by atoms with Gasteiger partial charge in [0.1, 0.15) is 5.60 Å². The Bertz CT molecular complexity index is 1090. The second-order valence-electron chi connectivity index (χ2n) is 9.05. The van der Waals surface area contributed by atoms with Crippen molar-refractivity contribution in [2.45, 2.75) is 44.8 Å². The molecule has 18 heteroatoms. The van der Waals surface area contributed by atoms with Gasteiger partial charge in [-0.2, -0.15) is 26.3 Å². The van der Waals surface area contributed by atoms with Crippen LogP contribution in [-0.2, 0) is 14.3 Å². The lowest BCUT2D eigenvalue weighted by Gasteiger charge is -2.41. The zero-order chi connectivity index (χ0) is 31.4. The smallest absolute Gasteiger partial charge is 0.475 e. The molecular weight excluding hydrogens is 570 g/mol. The van der Waals surface area contributed by atoms with E-state index in [0.717, 1.165) is 5.69 Å². The molecule has 2 aromatic heterocycles. The molecule has 2 aromatic rings. The van der Waals surface area contributed by atoms with Gasteiger partial charge in [-0.05, 0) is 39.0 Å². The molecule has 3 N–H and O–H groups in total. The molecule has 228 valence electrons. The van der Waals surface area contributed by atoms with Crippen LogP contribution in [0.3, 0.4) is 0 Å². The normalized spacial score (nSPS) is 15.4. The largest absolute Gasteiger partial charge is 0.490 e. The second-order valence-corrected chi connectivity index (χ2v) is 9.05. The van der Waals surface area contributed by atoms with Crippen LogP contribution in [0.25, 0.3) is 0 Å². The molecule has 3 rings (SSSR count). The van der Waals surface area contributed by atoms with E-state index in [9.17, 15) is 31.1 Å². The summed E-state index contributed by atoms with van der Waals surface area (Å²) < 4.78 is 69.0. The topological polar surface area (TPSA) is 158 Å². The van der Waals surface area contributed by atoms with Crippen LogP contribution < -0.4 is 10.2 Å². The molecule has 0 radical (unpaired) electrons. The molecule has 1 unspecified atom stereocenters. The van der Waals surface area contributed by atoms with Crippen molar-refractivity contribution in [3.05, 3.63) is 43.0 Å². The summed E-state index contributed by atoms with van der Waals surface area (Å²) in [5.41, 5.74) is 0.418. The van der Waals surface area contributed by atoms with Crippen molar-refractivity contribution < 1.29 is 55.7 Å². The van der Waals surface area contributed by atoms with E-state index in [1.54, 1.807) is 35.8 Å². The summed E-state index contributed by atoms with van der Waals surface area (Å²) in [6.45, 7) is 7.99. The number of nitrogens with zero attached hydrogens (tertiary/aromatic N) is 5. The molecule has 3 heterocycles. The fourth-order valence-electron chi connectivity index (χ4n) is 2.93. The Morgan fingerprint density at radius 2 is 1.49 bits per heavy atom. The highest BCUT2D eigenvalue weighted by Crippen LogP contribution is 2.19. The van der Waals surface area contributed by atoms with E-state index in [4.69, 9.17) is 24.5 Å². The number of carboxylic acids is 2. The number of anilines is 2. The summed E-state index contributed by atoms with van der Waals surface area (Å²) in [4.78, 5) is 47.0. The van der Waals surface area contributed by atoms with Gasteiger partial charge in [-0.25, -0.2) is 24.4 Å². The van der Waals surface area contributed by atoms with E-state index in [1.807, 2.05) is 32.9 Å². The number of aliphatic carboxylic acids is 2. The Labute approximate surface area is 230 Å². The number of ether oxygens (including phenoxy) is 1. The van der Waals surface area contributed by atoms with E-state index >= 15 is 0 Å². The number of alkyl halides is 6. The minimum atomic E-state index is -5.08. The first kappa shape index (κ1) is 34.6. The average Bonchev–Trinajstić information content (AvgIpc) is 2.87. The summed E-state index contributed by atoms with van der Waals surface area (Å²) >= 11 is 0. The number of carboxylic acid groups (broad SMARTS) is 2. The van der Waals surface area contributed by atoms with Crippen molar-refractivity contribution in [2.24, 2.45) is 0 Å². The van der Waals surface area contributed by atoms with Crippen LogP contribution in [0.5, 0.6) is 0 Å². The Kier molecular flexibility index (Phi) is 12.5. The molecule has 0 aromatic carbocycles. The first-order chi connectivity index (χ1) is 18.8. The molecule has 1 atom stereocenters. The predicted molar refractivity (Wildman–Crippen MR) is 131 cm³/mol. The van der Waals surface area contributed by atoms with Crippen molar-refractivity contribution in [2.75, 3.05) is 36.4 Å². The number of piperazine rings is 1. The van der Waals surface area contributed by atoms with Crippen LogP contribution in [0.4, 0.5) is 42.8 Å². The summed E-state index contributed by atoms with van der Waals surface area (Å²) in [7, 11) is 0. The van der Waals surface area contributed by atoms with E-state index < -0.39 is 29.9 Å². The van der Waals surface area contributed by atoms with E-state index in [0.29, 0.717) is 32.1 Å². The van der Waals surface area contributed by atoms with Gasteiger partial charge in [-0.3, -0.25) is 4.98 Å². The Morgan fingerprint density at radius 1 is 0.951 bits per heavy atom. The van der Waals surface area contributed by atoms with Gasteiger partial charge in [0.25, 0.3) is 0 Å². The molecule has 0 bridgehead atoms. The van der Waals surface area contributed by atoms with Gasteiger partial charge in [-0.15, -0.1) is 0 Å². The lowest BCUT2D eigenvalue weighted by molar-refractivity contribution is -0.193. The van der Waals surface area contributed by atoms with Crippen LogP contribution in [0.2, 0.25) is 0 Å². The molecular formula is C23H28F6N6O6. The average molecular weight is 599 g/mol. The lowest BCUT2D eigenvalue weighted by atomic mass is 10.1. The van der Waals surface area contributed by atoms with E-state index in [-0.39, 0.29) is 12.1 Å². The van der Waals surface area contributed by atoms with E-state index in [1.165, 1.54) is 0 Å². The minimum Gasteiger partial charge on any atom is -0.475 e. The maximum atomic E-state index is 12.5. The van der Waals surface area contributed by atoms with E-state index in [2.05, 4.69) is 25.2 Å². The molecule has 1 aliphatic heterocycles. The number of rotatable bonds is 4. The van der Waals surface area contributed by atoms with Gasteiger partial charge in [0.2, 0.25) is 5.95 Å². The Morgan fingerprint density at radius 3 is 1.93 bits per heavy atom. The third kappa shape index (κ3) is 13.5. The first-order valence-electron chi connectivity index (χ1n) is 11.6. The quantitative estimate of drug-likeness (QED) is 0.441. The number of hydrogen-bond acceptors (Lipinski definition) is 9. The molecule has 1 saturated heterocycles. The number of nitrogens with one attached hydrogen (secondary N) is 1. The van der Waals surface area contributed by atoms with Crippen molar-refractivity contribution in [3.63, 3.8) is 0 Å². The molecule has 12 nitrogen and oxygen atoms in total. The highest BCUT2D eigenvalue weighted by atomic mass is 19.4. The third-order valence-corrected chi connectivity index (χ3v) is 4.63. The summed E-state index contributed by atoms with van der Waals surface area (Å²) in [6, 6.07) is 5.65. The van der Waals surface area contributed by atoms with Gasteiger partial charge in [0, 0.05) is 51.0 Å². The third-order valence-electron chi connectivity index (χ3n) is 4.63. The van der Waals surface area contributed by atoms with Crippen LogP contribution in [0, 0.1) is 0 Å². The number of halogens is 6. The lowest BCUT2D eigenvalue weighted by Crippen LogP contribution is -2.58. The number of carbonyl (C=O) groups excluding carboxylic acids is 1. The SMILES string of the molecule is CC(C)(C)OC(=O)N1CCN(c2ncccn2)C(CNc2cccnc2)C1.O=C(O)C(F)(F)F.O=C(O)C(F)(F)F. The van der Waals surface area contributed by atoms with Crippen LogP contribution in [0.1, 0.15) is 20.8 Å². The predicted octanol–water partition coefficient (Wildman–Crippen LogP) is 3.68.